The average molecular weight is 331 g/mol. The van der Waals surface area contributed by atoms with Crippen LogP contribution in [0.15, 0.2) is 8.94 Å². The number of fused-ring (bicyclic) bond motifs is 1. The molecule has 0 aromatic carbocycles. The normalized spacial score (nSPS) is 28.4. The summed E-state index contributed by atoms with van der Waals surface area (Å²) in [6, 6.07) is 0. The van der Waals surface area contributed by atoms with Crippen molar-refractivity contribution in [3.05, 3.63) is 29.1 Å². The van der Waals surface area contributed by atoms with E-state index in [-0.39, 0.29) is 5.41 Å². The number of hydrogen-bond acceptors (Lipinski definition) is 7. The topological polar surface area (TPSA) is 71.4 Å². The maximum atomic E-state index is 5.63. The predicted octanol–water partition coefficient (Wildman–Crippen LogP) is 1.69. The first-order valence-corrected chi connectivity index (χ1v) is 8.61. The van der Waals surface area contributed by atoms with Crippen molar-refractivity contribution in [3.63, 3.8) is 0 Å². The molecule has 2 aromatic rings. The minimum Gasteiger partial charge on any atom is -0.446 e. The molecule has 0 amide bonds. The van der Waals surface area contributed by atoms with E-state index in [0.717, 1.165) is 68.2 Å². The molecule has 0 saturated carbocycles. The van der Waals surface area contributed by atoms with E-state index in [1.165, 1.54) is 0 Å². The van der Waals surface area contributed by atoms with Gasteiger partial charge in [-0.05, 0) is 39.8 Å². The third kappa shape index (κ3) is 2.56. The van der Waals surface area contributed by atoms with Crippen LogP contribution in [-0.2, 0) is 12.0 Å². The molecule has 24 heavy (non-hydrogen) atoms. The molecule has 0 spiro atoms. The second-order valence-corrected chi connectivity index (χ2v) is 7.42. The van der Waals surface area contributed by atoms with E-state index in [2.05, 4.69) is 32.0 Å². The number of oxazole rings is 1. The van der Waals surface area contributed by atoms with Crippen LogP contribution in [0.1, 0.15) is 35.5 Å². The molecule has 2 atom stereocenters. The van der Waals surface area contributed by atoms with E-state index in [4.69, 9.17) is 8.94 Å². The molecule has 0 aliphatic carbocycles. The summed E-state index contributed by atoms with van der Waals surface area (Å²) < 4.78 is 11.2. The van der Waals surface area contributed by atoms with Gasteiger partial charge in [-0.2, -0.15) is 4.98 Å². The summed E-state index contributed by atoms with van der Waals surface area (Å²) in [5, 5.41) is 4.05. The Bertz CT molecular complexity index is 739. The molecule has 0 radical (unpaired) electrons. The van der Waals surface area contributed by atoms with Crippen molar-refractivity contribution < 1.29 is 8.94 Å². The summed E-state index contributed by atoms with van der Waals surface area (Å²) in [7, 11) is 2.19. The fourth-order valence-corrected chi connectivity index (χ4v) is 4.35. The van der Waals surface area contributed by atoms with Gasteiger partial charge in [0.2, 0.25) is 5.89 Å². The lowest BCUT2D eigenvalue weighted by atomic mass is 9.72. The summed E-state index contributed by atoms with van der Waals surface area (Å²) in [5.74, 6) is 3.69. The number of nitrogens with zero attached hydrogens (tertiary/aromatic N) is 5. The molecule has 2 saturated heterocycles. The lowest BCUT2D eigenvalue weighted by Gasteiger charge is -2.39. The summed E-state index contributed by atoms with van der Waals surface area (Å²) >= 11 is 0. The van der Waals surface area contributed by atoms with E-state index in [1.807, 2.05) is 20.8 Å². The van der Waals surface area contributed by atoms with Gasteiger partial charge in [-0.25, -0.2) is 4.98 Å². The van der Waals surface area contributed by atoms with Crippen LogP contribution in [0.3, 0.4) is 0 Å². The lowest BCUT2D eigenvalue weighted by Crippen LogP contribution is -2.48. The predicted molar refractivity (Wildman–Crippen MR) is 87.6 cm³/mol. The van der Waals surface area contributed by atoms with Gasteiger partial charge in [0, 0.05) is 33.1 Å². The Hall–Kier alpha value is -1.73. The Morgan fingerprint density at radius 1 is 1.21 bits per heavy atom. The van der Waals surface area contributed by atoms with Gasteiger partial charge in [0.1, 0.15) is 5.76 Å². The number of rotatable bonds is 3. The van der Waals surface area contributed by atoms with Gasteiger partial charge in [0.15, 0.2) is 11.7 Å². The van der Waals surface area contributed by atoms with Crippen LogP contribution in [0.2, 0.25) is 0 Å². The van der Waals surface area contributed by atoms with Gasteiger partial charge < -0.3 is 13.8 Å². The Morgan fingerprint density at radius 2 is 2.04 bits per heavy atom. The zero-order chi connectivity index (χ0) is 16.9. The average Bonchev–Trinajstić information content (AvgIpc) is 3.18. The van der Waals surface area contributed by atoms with Crippen molar-refractivity contribution in [2.45, 2.75) is 39.2 Å². The van der Waals surface area contributed by atoms with Gasteiger partial charge >= 0.3 is 0 Å². The zero-order valence-electron chi connectivity index (χ0n) is 14.9. The number of hydrogen-bond donors (Lipinski definition) is 0. The maximum absolute atomic E-state index is 5.63. The molecule has 2 aliphatic rings. The molecule has 2 aromatic heterocycles. The zero-order valence-corrected chi connectivity index (χ0v) is 14.9. The van der Waals surface area contributed by atoms with Gasteiger partial charge in [0.25, 0.3) is 0 Å². The lowest BCUT2D eigenvalue weighted by molar-refractivity contribution is 0.118. The van der Waals surface area contributed by atoms with E-state index >= 15 is 0 Å². The van der Waals surface area contributed by atoms with Crippen molar-refractivity contribution in [2.75, 3.05) is 33.2 Å². The summed E-state index contributed by atoms with van der Waals surface area (Å²) in [4.78, 5) is 14.0. The van der Waals surface area contributed by atoms with Crippen LogP contribution in [0.5, 0.6) is 0 Å². The molecule has 7 nitrogen and oxygen atoms in total. The van der Waals surface area contributed by atoms with Crippen LogP contribution in [0, 0.1) is 26.7 Å². The highest BCUT2D eigenvalue weighted by molar-refractivity contribution is 5.18. The van der Waals surface area contributed by atoms with E-state index in [0.29, 0.717) is 5.92 Å². The van der Waals surface area contributed by atoms with E-state index in [9.17, 15) is 0 Å². The van der Waals surface area contributed by atoms with E-state index < -0.39 is 0 Å². The highest BCUT2D eigenvalue weighted by Gasteiger charge is 2.53. The van der Waals surface area contributed by atoms with Crippen molar-refractivity contribution in [1.29, 1.82) is 0 Å². The van der Waals surface area contributed by atoms with Gasteiger partial charge in [-0.1, -0.05) is 5.16 Å². The van der Waals surface area contributed by atoms with Crippen LogP contribution in [-0.4, -0.2) is 58.2 Å². The molecule has 4 heterocycles. The van der Waals surface area contributed by atoms with E-state index in [1.54, 1.807) is 0 Å². The second-order valence-electron chi connectivity index (χ2n) is 7.42. The third-order valence-corrected chi connectivity index (χ3v) is 5.56. The number of aryl methyl sites for hydroxylation is 3. The monoisotopic (exact) mass is 331 g/mol. The molecule has 2 aliphatic heterocycles. The van der Waals surface area contributed by atoms with Crippen LogP contribution in [0.25, 0.3) is 0 Å². The van der Waals surface area contributed by atoms with Crippen molar-refractivity contribution in [2.24, 2.45) is 5.92 Å². The quantitative estimate of drug-likeness (QED) is 0.847. The number of piperidine rings is 1. The minimum absolute atomic E-state index is 0.0273. The Morgan fingerprint density at radius 3 is 2.71 bits per heavy atom. The summed E-state index contributed by atoms with van der Waals surface area (Å²) in [5.41, 5.74) is 1.01. The molecule has 130 valence electrons. The molecule has 2 fully saturated rings. The molecule has 0 bridgehead atoms. The van der Waals surface area contributed by atoms with Crippen molar-refractivity contribution in [3.8, 4) is 0 Å². The smallest absolute Gasteiger partial charge is 0.234 e. The molecule has 4 rings (SSSR count). The minimum atomic E-state index is -0.0273. The van der Waals surface area contributed by atoms with Gasteiger partial charge in [-0.3, -0.25) is 4.90 Å². The number of aromatic nitrogens is 3. The highest BCUT2D eigenvalue weighted by atomic mass is 16.5. The fraction of sp³-hybridized carbons (Fsp3) is 0.706. The Labute approximate surface area is 142 Å². The third-order valence-electron chi connectivity index (χ3n) is 5.56. The van der Waals surface area contributed by atoms with Gasteiger partial charge in [-0.15, -0.1) is 0 Å². The second kappa shape index (κ2) is 5.67. The van der Waals surface area contributed by atoms with Crippen molar-refractivity contribution >= 4 is 0 Å². The first-order valence-electron chi connectivity index (χ1n) is 8.61. The van der Waals surface area contributed by atoms with Crippen LogP contribution < -0.4 is 0 Å². The van der Waals surface area contributed by atoms with Crippen molar-refractivity contribution in [1.82, 2.24) is 24.9 Å². The number of likely N-dealkylation sites (tertiary alicyclic amines) is 2. The molecule has 0 unspecified atom stereocenters. The Balaban J connectivity index is 1.61. The van der Waals surface area contributed by atoms with Gasteiger partial charge in [0.05, 0.1) is 11.1 Å². The summed E-state index contributed by atoms with van der Waals surface area (Å²) in [6.07, 6.45) is 1.06. The maximum Gasteiger partial charge on any atom is 0.234 e. The molecule has 7 heteroatoms. The molecule has 0 N–H and O–H groups in total. The van der Waals surface area contributed by atoms with Crippen LogP contribution >= 0.6 is 0 Å². The Kier molecular flexibility index (Phi) is 3.73. The first kappa shape index (κ1) is 15.8. The highest BCUT2D eigenvalue weighted by Crippen LogP contribution is 2.44. The summed E-state index contributed by atoms with van der Waals surface area (Å²) in [6.45, 7) is 10.7. The standard InChI is InChI=1S/C17H25N5O2/c1-11-15(19-13(3)23-11)9-22-8-14-7-21(4)6-5-17(14,10-22)16-18-12(2)20-24-16/h14H,5-10H2,1-4H3/t14-,17-/m1/s1. The molecular formula is C17H25N5O2. The molecular weight excluding hydrogens is 306 g/mol. The van der Waals surface area contributed by atoms with Crippen LogP contribution in [0.4, 0.5) is 0 Å². The first-order chi connectivity index (χ1) is 11.5. The SMILES string of the molecule is Cc1noc([C@@]23CCN(C)C[C@@H]2CN(Cc2nc(C)oc2C)C3)n1. The fourth-order valence-electron chi connectivity index (χ4n) is 4.35. The largest absolute Gasteiger partial charge is 0.446 e.